The average Bonchev–Trinajstić information content (AvgIpc) is 2.30. The van der Waals surface area contributed by atoms with Crippen LogP contribution in [0.1, 0.15) is 23.1 Å². The van der Waals surface area contributed by atoms with E-state index in [0.29, 0.717) is 0 Å². The highest BCUT2D eigenvalue weighted by molar-refractivity contribution is 5.43. The maximum absolute atomic E-state index is 5.45. The quantitative estimate of drug-likeness (QED) is 0.710. The third kappa shape index (κ3) is 4.36. The first-order valence-corrected chi connectivity index (χ1v) is 6.24. The third-order valence-corrected chi connectivity index (χ3v) is 2.91. The molecule has 0 unspecified atom stereocenters. The van der Waals surface area contributed by atoms with E-state index in [1.165, 1.54) is 16.7 Å². The molecule has 0 fully saturated rings. The van der Waals surface area contributed by atoms with Gasteiger partial charge in [0.25, 0.3) is 0 Å². The Morgan fingerprint density at radius 1 is 1.24 bits per heavy atom. The van der Waals surface area contributed by atoms with Crippen LogP contribution < -0.4 is 15.8 Å². The molecule has 0 heterocycles. The monoisotopic (exact) mass is 236 g/mol. The van der Waals surface area contributed by atoms with Gasteiger partial charge < -0.3 is 15.8 Å². The van der Waals surface area contributed by atoms with Gasteiger partial charge in [-0.1, -0.05) is 6.07 Å². The molecule has 0 aliphatic carbocycles. The number of methoxy groups -OCH3 is 1. The molecular formula is C14H24N2O. The van der Waals surface area contributed by atoms with Crippen LogP contribution >= 0.6 is 0 Å². The Morgan fingerprint density at radius 3 is 2.65 bits per heavy atom. The van der Waals surface area contributed by atoms with Crippen LogP contribution in [0.2, 0.25) is 0 Å². The van der Waals surface area contributed by atoms with Gasteiger partial charge >= 0.3 is 0 Å². The van der Waals surface area contributed by atoms with Crippen LogP contribution in [-0.4, -0.2) is 26.7 Å². The predicted octanol–water partition coefficient (Wildman–Crippen LogP) is 1.79. The largest absolute Gasteiger partial charge is 0.496 e. The number of nitrogens with one attached hydrogen (secondary N) is 1. The lowest BCUT2D eigenvalue weighted by atomic mass is 10.0. The van der Waals surface area contributed by atoms with Gasteiger partial charge in [-0.2, -0.15) is 0 Å². The molecule has 0 saturated carbocycles. The van der Waals surface area contributed by atoms with Crippen molar-refractivity contribution in [3.63, 3.8) is 0 Å². The van der Waals surface area contributed by atoms with Crippen LogP contribution in [0.25, 0.3) is 0 Å². The van der Waals surface area contributed by atoms with Crippen LogP contribution in [0.3, 0.4) is 0 Å². The molecule has 17 heavy (non-hydrogen) atoms. The second-order valence-electron chi connectivity index (χ2n) is 4.40. The summed E-state index contributed by atoms with van der Waals surface area (Å²) in [5, 5.41) is 3.39. The summed E-state index contributed by atoms with van der Waals surface area (Å²) in [5.74, 6) is 1.00. The van der Waals surface area contributed by atoms with Crippen LogP contribution in [0.5, 0.6) is 5.75 Å². The summed E-state index contributed by atoms with van der Waals surface area (Å²) in [6.07, 6.45) is 2.03. The SMILES string of the molecule is COc1cc(C)cc(C)c1CCNCCCN. The molecule has 0 spiro atoms. The van der Waals surface area contributed by atoms with Crippen molar-refractivity contribution in [3.05, 3.63) is 28.8 Å². The Morgan fingerprint density at radius 2 is 2.00 bits per heavy atom. The lowest BCUT2D eigenvalue weighted by Crippen LogP contribution is -2.21. The number of nitrogens with two attached hydrogens (primary N) is 1. The minimum Gasteiger partial charge on any atom is -0.496 e. The van der Waals surface area contributed by atoms with Gasteiger partial charge in [0.05, 0.1) is 7.11 Å². The van der Waals surface area contributed by atoms with Crippen molar-refractivity contribution in [1.29, 1.82) is 0 Å². The molecule has 0 radical (unpaired) electrons. The van der Waals surface area contributed by atoms with Crippen molar-refractivity contribution >= 4 is 0 Å². The van der Waals surface area contributed by atoms with E-state index in [1.807, 2.05) is 0 Å². The summed E-state index contributed by atoms with van der Waals surface area (Å²) in [6, 6.07) is 4.31. The molecule has 0 bridgehead atoms. The molecule has 3 heteroatoms. The number of rotatable bonds is 7. The molecule has 0 aliphatic heterocycles. The van der Waals surface area contributed by atoms with Crippen molar-refractivity contribution in [1.82, 2.24) is 5.32 Å². The molecule has 0 aliphatic rings. The van der Waals surface area contributed by atoms with Crippen molar-refractivity contribution in [2.75, 3.05) is 26.7 Å². The van der Waals surface area contributed by atoms with Gasteiger partial charge in [-0.15, -0.1) is 0 Å². The van der Waals surface area contributed by atoms with Crippen LogP contribution in [0, 0.1) is 13.8 Å². The molecule has 1 aromatic carbocycles. The van der Waals surface area contributed by atoms with E-state index in [0.717, 1.165) is 38.2 Å². The zero-order valence-electron chi connectivity index (χ0n) is 11.2. The second kappa shape index (κ2) is 7.30. The average molecular weight is 236 g/mol. The topological polar surface area (TPSA) is 47.3 Å². The van der Waals surface area contributed by atoms with E-state index in [2.05, 4.69) is 31.3 Å². The smallest absolute Gasteiger partial charge is 0.122 e. The maximum Gasteiger partial charge on any atom is 0.122 e. The molecule has 96 valence electrons. The van der Waals surface area contributed by atoms with E-state index in [4.69, 9.17) is 10.5 Å². The molecule has 0 atom stereocenters. The molecule has 3 nitrogen and oxygen atoms in total. The zero-order valence-corrected chi connectivity index (χ0v) is 11.2. The predicted molar refractivity (Wildman–Crippen MR) is 72.7 cm³/mol. The standard InChI is InChI=1S/C14H24N2O/c1-11-9-12(2)13(14(10-11)17-3)5-8-16-7-4-6-15/h9-10,16H,4-8,15H2,1-3H3. The number of hydrogen-bond donors (Lipinski definition) is 2. The highest BCUT2D eigenvalue weighted by atomic mass is 16.5. The minimum atomic E-state index is 0.750. The molecular weight excluding hydrogens is 212 g/mol. The summed E-state index contributed by atoms with van der Waals surface area (Å²) in [6.45, 7) is 6.95. The lowest BCUT2D eigenvalue weighted by Gasteiger charge is -2.13. The van der Waals surface area contributed by atoms with Crippen LogP contribution in [0.4, 0.5) is 0 Å². The Labute approximate surface area is 104 Å². The van der Waals surface area contributed by atoms with Gasteiger partial charge in [0, 0.05) is 0 Å². The number of benzene rings is 1. The summed E-state index contributed by atoms with van der Waals surface area (Å²) in [7, 11) is 1.74. The van der Waals surface area contributed by atoms with Gasteiger partial charge in [0.15, 0.2) is 0 Å². The first kappa shape index (κ1) is 14.0. The number of aryl methyl sites for hydroxylation is 2. The Hall–Kier alpha value is -1.06. The van der Waals surface area contributed by atoms with E-state index >= 15 is 0 Å². The van der Waals surface area contributed by atoms with Gasteiger partial charge in [-0.3, -0.25) is 0 Å². The van der Waals surface area contributed by atoms with Gasteiger partial charge in [0.1, 0.15) is 5.75 Å². The summed E-state index contributed by atoms with van der Waals surface area (Å²) in [5.41, 5.74) is 9.31. The molecule has 0 saturated heterocycles. The Balaban J connectivity index is 2.57. The fourth-order valence-electron chi connectivity index (χ4n) is 2.03. The minimum absolute atomic E-state index is 0.750. The van der Waals surface area contributed by atoms with Crippen LogP contribution in [0.15, 0.2) is 12.1 Å². The maximum atomic E-state index is 5.45. The van der Waals surface area contributed by atoms with Crippen molar-refractivity contribution < 1.29 is 4.74 Å². The molecule has 1 aromatic rings. The number of hydrogen-bond acceptors (Lipinski definition) is 3. The number of ether oxygens (including phenoxy) is 1. The fraction of sp³-hybridized carbons (Fsp3) is 0.571. The summed E-state index contributed by atoms with van der Waals surface area (Å²) < 4.78 is 5.44. The van der Waals surface area contributed by atoms with Gasteiger partial charge in [0.2, 0.25) is 0 Å². The molecule has 0 aromatic heterocycles. The second-order valence-corrected chi connectivity index (χ2v) is 4.40. The normalized spacial score (nSPS) is 10.6. The summed E-state index contributed by atoms with van der Waals surface area (Å²) in [4.78, 5) is 0. The lowest BCUT2D eigenvalue weighted by molar-refractivity contribution is 0.408. The van der Waals surface area contributed by atoms with E-state index in [9.17, 15) is 0 Å². The zero-order chi connectivity index (χ0) is 12.7. The van der Waals surface area contributed by atoms with Crippen molar-refractivity contribution in [2.45, 2.75) is 26.7 Å². The molecule has 0 amide bonds. The third-order valence-electron chi connectivity index (χ3n) is 2.91. The Kier molecular flexibility index (Phi) is 6.01. The van der Waals surface area contributed by atoms with Crippen molar-refractivity contribution in [2.24, 2.45) is 5.73 Å². The fourth-order valence-corrected chi connectivity index (χ4v) is 2.03. The highest BCUT2D eigenvalue weighted by Crippen LogP contribution is 2.24. The van der Waals surface area contributed by atoms with Crippen molar-refractivity contribution in [3.8, 4) is 5.75 Å². The van der Waals surface area contributed by atoms with Gasteiger partial charge in [-0.05, 0) is 69.1 Å². The Bertz CT molecular complexity index is 350. The molecule has 1 rings (SSSR count). The van der Waals surface area contributed by atoms with E-state index in [1.54, 1.807) is 7.11 Å². The first-order chi connectivity index (χ1) is 8.19. The van der Waals surface area contributed by atoms with Gasteiger partial charge in [-0.25, -0.2) is 0 Å². The molecule has 3 N–H and O–H groups in total. The summed E-state index contributed by atoms with van der Waals surface area (Å²) >= 11 is 0. The van der Waals surface area contributed by atoms with Crippen LogP contribution in [-0.2, 0) is 6.42 Å². The van der Waals surface area contributed by atoms with E-state index < -0.39 is 0 Å². The highest BCUT2D eigenvalue weighted by Gasteiger charge is 2.06. The van der Waals surface area contributed by atoms with E-state index in [-0.39, 0.29) is 0 Å². The first-order valence-electron chi connectivity index (χ1n) is 6.24.